The highest BCUT2D eigenvalue weighted by molar-refractivity contribution is 7.16. The lowest BCUT2D eigenvalue weighted by molar-refractivity contribution is 0.808. The normalized spacial score (nSPS) is 10.8. The summed E-state index contributed by atoms with van der Waals surface area (Å²) in [5.74, 6) is 0. The Kier molecular flexibility index (Phi) is 2.04. The van der Waals surface area contributed by atoms with Crippen molar-refractivity contribution in [1.82, 2.24) is 14.8 Å². The Morgan fingerprint density at radius 2 is 2.19 bits per heavy atom. The van der Waals surface area contributed by atoms with Gasteiger partial charge in [0.2, 0.25) is 0 Å². The van der Waals surface area contributed by atoms with Gasteiger partial charge >= 0.3 is 0 Å². The van der Waals surface area contributed by atoms with E-state index < -0.39 is 0 Å². The van der Waals surface area contributed by atoms with Crippen molar-refractivity contribution in [2.75, 3.05) is 0 Å². The Labute approximate surface area is 94.8 Å². The first-order valence-electron chi connectivity index (χ1n) is 4.72. The van der Waals surface area contributed by atoms with Gasteiger partial charge in [0.15, 0.2) is 0 Å². The fraction of sp³-hybridized carbons (Fsp3) is 0. The van der Waals surface area contributed by atoms with Crippen LogP contribution in [0.1, 0.15) is 0 Å². The average molecular weight is 229 g/mol. The lowest BCUT2D eigenvalue weighted by Crippen LogP contribution is -2.18. The Hall–Kier alpha value is -2.01. The molecule has 78 valence electrons. The molecular formula is C11H7N3OS. The number of thiazole rings is 1. The molecule has 0 amide bonds. The summed E-state index contributed by atoms with van der Waals surface area (Å²) < 4.78 is 2.43. The van der Waals surface area contributed by atoms with Gasteiger partial charge in [0.05, 0.1) is 21.4 Å². The second kappa shape index (κ2) is 3.53. The number of benzene rings is 1. The molecule has 1 aromatic carbocycles. The zero-order valence-corrected chi connectivity index (χ0v) is 9.02. The number of hydrogen-bond donors (Lipinski definition) is 0. The minimum Gasteiger partial charge on any atom is -0.267 e. The zero-order valence-electron chi connectivity index (χ0n) is 8.20. The maximum Gasteiger partial charge on any atom is 0.271 e. The van der Waals surface area contributed by atoms with Crippen LogP contribution in [-0.4, -0.2) is 14.8 Å². The lowest BCUT2D eigenvalue weighted by atomic mass is 10.3. The first kappa shape index (κ1) is 9.23. The van der Waals surface area contributed by atoms with Crippen molar-refractivity contribution in [2.24, 2.45) is 0 Å². The molecular weight excluding hydrogens is 222 g/mol. The molecule has 0 bridgehead atoms. The van der Waals surface area contributed by atoms with Crippen LogP contribution in [0.4, 0.5) is 0 Å². The summed E-state index contributed by atoms with van der Waals surface area (Å²) in [5.41, 5.74) is 3.36. The van der Waals surface area contributed by atoms with Crippen LogP contribution in [0.2, 0.25) is 0 Å². The van der Waals surface area contributed by atoms with E-state index in [0.717, 1.165) is 15.9 Å². The highest BCUT2D eigenvalue weighted by atomic mass is 32.1. The van der Waals surface area contributed by atoms with E-state index in [9.17, 15) is 4.79 Å². The van der Waals surface area contributed by atoms with Crippen LogP contribution in [0.5, 0.6) is 0 Å². The first-order valence-corrected chi connectivity index (χ1v) is 5.60. The highest BCUT2D eigenvalue weighted by Gasteiger charge is 2.02. The molecule has 0 aliphatic carbocycles. The van der Waals surface area contributed by atoms with E-state index in [1.54, 1.807) is 29.1 Å². The Bertz CT molecular complexity index is 701. The summed E-state index contributed by atoms with van der Waals surface area (Å²) in [6, 6.07) is 8.77. The zero-order chi connectivity index (χ0) is 11.0. The van der Waals surface area contributed by atoms with Crippen molar-refractivity contribution in [3.63, 3.8) is 0 Å². The highest BCUT2D eigenvalue weighted by Crippen LogP contribution is 2.19. The van der Waals surface area contributed by atoms with Gasteiger partial charge in [0.1, 0.15) is 0 Å². The molecule has 0 aliphatic rings. The van der Waals surface area contributed by atoms with Gasteiger partial charge < -0.3 is 0 Å². The number of rotatable bonds is 1. The summed E-state index contributed by atoms with van der Waals surface area (Å²) in [5, 5.41) is 4.03. The van der Waals surface area contributed by atoms with E-state index in [0.29, 0.717) is 0 Å². The van der Waals surface area contributed by atoms with Gasteiger partial charge in [-0.1, -0.05) is 0 Å². The second-order valence-corrected chi connectivity index (χ2v) is 4.16. The largest absolute Gasteiger partial charge is 0.271 e. The molecule has 0 unspecified atom stereocenters. The van der Waals surface area contributed by atoms with Gasteiger partial charge in [-0.05, 0) is 24.3 Å². The van der Waals surface area contributed by atoms with Crippen molar-refractivity contribution < 1.29 is 0 Å². The maximum atomic E-state index is 11.6. The molecule has 2 aromatic heterocycles. The topological polar surface area (TPSA) is 47.8 Å². The Morgan fingerprint density at radius 3 is 3.06 bits per heavy atom. The monoisotopic (exact) mass is 229 g/mol. The third-order valence-corrected chi connectivity index (χ3v) is 3.07. The number of fused-ring (bicyclic) bond motifs is 1. The van der Waals surface area contributed by atoms with Crippen LogP contribution in [0.3, 0.4) is 0 Å². The summed E-state index contributed by atoms with van der Waals surface area (Å²) >= 11 is 1.55. The number of hydrogen-bond acceptors (Lipinski definition) is 4. The first-order chi connectivity index (χ1) is 7.84. The minimum atomic E-state index is -0.133. The van der Waals surface area contributed by atoms with Crippen molar-refractivity contribution in [3.8, 4) is 5.69 Å². The van der Waals surface area contributed by atoms with E-state index >= 15 is 0 Å². The molecule has 3 rings (SSSR count). The van der Waals surface area contributed by atoms with Crippen molar-refractivity contribution in [3.05, 3.63) is 52.4 Å². The number of nitrogens with zero attached hydrogens (tertiary/aromatic N) is 3. The molecule has 0 fully saturated rings. The van der Waals surface area contributed by atoms with E-state index in [1.807, 2.05) is 18.2 Å². The lowest BCUT2D eigenvalue weighted by Gasteiger charge is -2.02. The SMILES string of the molecule is O=c1cccnn1-c1ccc2ncsc2c1. The smallest absolute Gasteiger partial charge is 0.267 e. The fourth-order valence-corrected chi connectivity index (χ4v) is 2.24. The molecule has 2 heterocycles. The predicted molar refractivity (Wildman–Crippen MR) is 63.0 cm³/mol. The molecule has 16 heavy (non-hydrogen) atoms. The van der Waals surface area contributed by atoms with Crippen molar-refractivity contribution in [1.29, 1.82) is 0 Å². The van der Waals surface area contributed by atoms with E-state index in [4.69, 9.17) is 0 Å². The molecule has 4 nitrogen and oxygen atoms in total. The van der Waals surface area contributed by atoms with Crippen LogP contribution in [0.25, 0.3) is 15.9 Å². The van der Waals surface area contributed by atoms with Gasteiger partial charge in [-0.3, -0.25) is 4.79 Å². The molecule has 0 saturated heterocycles. The quantitative estimate of drug-likeness (QED) is 0.639. The fourth-order valence-electron chi connectivity index (χ4n) is 1.53. The van der Waals surface area contributed by atoms with Gasteiger partial charge in [0, 0.05) is 12.3 Å². The Morgan fingerprint density at radius 1 is 1.25 bits per heavy atom. The predicted octanol–water partition coefficient (Wildman–Crippen LogP) is 1.84. The van der Waals surface area contributed by atoms with Gasteiger partial charge in [-0.2, -0.15) is 9.78 Å². The average Bonchev–Trinajstić information content (AvgIpc) is 2.76. The van der Waals surface area contributed by atoms with Crippen LogP contribution in [-0.2, 0) is 0 Å². The second-order valence-electron chi connectivity index (χ2n) is 3.28. The summed E-state index contributed by atoms with van der Waals surface area (Å²) in [6.07, 6.45) is 1.60. The van der Waals surface area contributed by atoms with Gasteiger partial charge in [-0.15, -0.1) is 11.3 Å². The van der Waals surface area contributed by atoms with E-state index in [-0.39, 0.29) is 5.56 Å². The van der Waals surface area contributed by atoms with Crippen molar-refractivity contribution in [2.45, 2.75) is 0 Å². The molecule has 0 radical (unpaired) electrons. The van der Waals surface area contributed by atoms with Crippen LogP contribution >= 0.6 is 11.3 Å². The number of aromatic nitrogens is 3. The van der Waals surface area contributed by atoms with E-state index in [1.165, 1.54) is 10.7 Å². The third-order valence-electron chi connectivity index (χ3n) is 2.28. The van der Waals surface area contributed by atoms with Crippen LogP contribution < -0.4 is 5.56 Å². The Balaban J connectivity index is 2.26. The molecule has 0 spiro atoms. The van der Waals surface area contributed by atoms with Crippen LogP contribution in [0, 0.1) is 0 Å². The molecule has 5 heteroatoms. The van der Waals surface area contributed by atoms with Gasteiger partial charge in [-0.25, -0.2) is 4.98 Å². The molecule has 0 saturated carbocycles. The summed E-state index contributed by atoms with van der Waals surface area (Å²) in [4.78, 5) is 15.8. The van der Waals surface area contributed by atoms with Gasteiger partial charge in [0.25, 0.3) is 5.56 Å². The van der Waals surface area contributed by atoms with Crippen molar-refractivity contribution >= 4 is 21.6 Å². The molecule has 0 atom stereocenters. The summed E-state index contributed by atoms with van der Waals surface area (Å²) in [6.45, 7) is 0. The molecule has 0 aliphatic heterocycles. The minimum absolute atomic E-state index is 0.133. The summed E-state index contributed by atoms with van der Waals surface area (Å²) in [7, 11) is 0. The molecule has 0 N–H and O–H groups in total. The third kappa shape index (κ3) is 1.42. The van der Waals surface area contributed by atoms with Crippen LogP contribution in [0.15, 0.2) is 46.8 Å². The standard InChI is InChI=1S/C11H7N3OS/c15-11-2-1-5-13-14(11)8-3-4-9-10(6-8)16-7-12-9/h1-7H. The maximum absolute atomic E-state index is 11.6. The van der Waals surface area contributed by atoms with E-state index in [2.05, 4.69) is 10.1 Å². The molecule has 3 aromatic rings.